The van der Waals surface area contributed by atoms with Gasteiger partial charge in [-0.25, -0.2) is 0 Å². The molecule has 0 radical (unpaired) electrons. The molecule has 2 unspecified atom stereocenters. The van der Waals surface area contributed by atoms with Crippen molar-refractivity contribution in [3.8, 4) is 0 Å². The Morgan fingerprint density at radius 3 is 3.06 bits per heavy atom. The molecule has 2 rings (SSSR count). The van der Waals surface area contributed by atoms with Gasteiger partial charge in [-0.3, -0.25) is 9.48 Å². The molecule has 1 aliphatic rings. The highest BCUT2D eigenvalue weighted by Crippen LogP contribution is 2.21. The van der Waals surface area contributed by atoms with Crippen LogP contribution in [0.1, 0.15) is 25.3 Å². The zero-order valence-electron chi connectivity index (χ0n) is 9.85. The molecule has 0 bridgehead atoms. The van der Waals surface area contributed by atoms with Crippen molar-refractivity contribution < 1.29 is 9.53 Å². The average Bonchev–Trinajstić information content (AvgIpc) is 2.84. The molecule has 16 heavy (non-hydrogen) atoms. The standard InChI is InChI=1S/C12H18N2O2/c1-9-5-11(8-16-9)12(15)4-3-10-6-13-14(2)7-10/h6-7,9,11H,3-5,8H2,1-2H3. The summed E-state index contributed by atoms with van der Waals surface area (Å²) in [6, 6.07) is 0. The Labute approximate surface area is 95.6 Å². The van der Waals surface area contributed by atoms with E-state index < -0.39 is 0 Å². The number of hydrogen-bond donors (Lipinski definition) is 0. The molecule has 1 aromatic heterocycles. The molecule has 0 amide bonds. The van der Waals surface area contributed by atoms with E-state index in [4.69, 9.17) is 4.74 Å². The first-order chi connectivity index (χ1) is 7.65. The van der Waals surface area contributed by atoms with Crippen LogP contribution >= 0.6 is 0 Å². The molecule has 0 aliphatic carbocycles. The Morgan fingerprint density at radius 2 is 2.50 bits per heavy atom. The molecular formula is C12H18N2O2. The molecule has 0 N–H and O–H groups in total. The number of aromatic nitrogens is 2. The lowest BCUT2D eigenvalue weighted by Gasteiger charge is -2.05. The van der Waals surface area contributed by atoms with E-state index in [0.29, 0.717) is 18.8 Å². The number of ketones is 1. The minimum atomic E-state index is 0.117. The second-order valence-corrected chi connectivity index (χ2v) is 4.57. The van der Waals surface area contributed by atoms with Crippen molar-refractivity contribution in [2.75, 3.05) is 6.61 Å². The third-order valence-corrected chi connectivity index (χ3v) is 3.07. The van der Waals surface area contributed by atoms with Gasteiger partial charge in [-0.05, 0) is 25.3 Å². The fourth-order valence-electron chi connectivity index (χ4n) is 2.11. The zero-order chi connectivity index (χ0) is 11.5. The second kappa shape index (κ2) is 4.78. The number of aryl methyl sites for hydroxylation is 2. The summed E-state index contributed by atoms with van der Waals surface area (Å²) < 4.78 is 7.17. The summed E-state index contributed by atoms with van der Waals surface area (Å²) in [5.41, 5.74) is 1.13. The van der Waals surface area contributed by atoms with E-state index in [0.717, 1.165) is 18.4 Å². The molecule has 2 heterocycles. The van der Waals surface area contributed by atoms with Gasteiger partial charge in [0.15, 0.2) is 0 Å². The largest absolute Gasteiger partial charge is 0.378 e. The van der Waals surface area contributed by atoms with Crippen LogP contribution in [0.15, 0.2) is 12.4 Å². The van der Waals surface area contributed by atoms with E-state index in [2.05, 4.69) is 5.10 Å². The summed E-state index contributed by atoms with van der Waals surface area (Å²) >= 11 is 0. The first kappa shape index (κ1) is 11.3. The van der Waals surface area contributed by atoms with Gasteiger partial charge in [-0.15, -0.1) is 0 Å². The van der Waals surface area contributed by atoms with Gasteiger partial charge < -0.3 is 4.74 Å². The number of hydrogen-bond acceptors (Lipinski definition) is 3. The number of carbonyl (C=O) groups excluding carboxylic acids is 1. The summed E-state index contributed by atoms with van der Waals surface area (Å²) in [6.07, 6.45) is 6.30. The van der Waals surface area contributed by atoms with Gasteiger partial charge in [0.25, 0.3) is 0 Å². The fraction of sp³-hybridized carbons (Fsp3) is 0.667. The molecule has 1 aromatic rings. The maximum absolute atomic E-state index is 11.9. The third-order valence-electron chi connectivity index (χ3n) is 3.07. The highest BCUT2D eigenvalue weighted by molar-refractivity contribution is 5.81. The quantitative estimate of drug-likeness (QED) is 0.772. The zero-order valence-corrected chi connectivity index (χ0v) is 9.85. The van der Waals surface area contributed by atoms with Crippen LogP contribution in [0.3, 0.4) is 0 Å². The Hall–Kier alpha value is -1.16. The predicted molar refractivity (Wildman–Crippen MR) is 60.1 cm³/mol. The summed E-state index contributed by atoms with van der Waals surface area (Å²) in [4.78, 5) is 11.9. The monoisotopic (exact) mass is 222 g/mol. The molecule has 0 aromatic carbocycles. The Balaban J connectivity index is 1.80. The molecule has 2 atom stereocenters. The molecular weight excluding hydrogens is 204 g/mol. The number of rotatable bonds is 4. The second-order valence-electron chi connectivity index (χ2n) is 4.57. The van der Waals surface area contributed by atoms with E-state index in [1.54, 1.807) is 4.68 Å². The van der Waals surface area contributed by atoms with Crippen molar-refractivity contribution in [2.24, 2.45) is 13.0 Å². The van der Waals surface area contributed by atoms with Gasteiger partial charge in [0, 0.05) is 25.6 Å². The SMILES string of the molecule is CC1CC(C(=O)CCc2cnn(C)c2)CO1. The Bertz CT molecular complexity index is 373. The lowest BCUT2D eigenvalue weighted by molar-refractivity contribution is -0.122. The molecule has 4 heteroatoms. The van der Waals surface area contributed by atoms with Crippen molar-refractivity contribution in [2.45, 2.75) is 32.3 Å². The van der Waals surface area contributed by atoms with E-state index in [1.165, 1.54) is 0 Å². The first-order valence-electron chi connectivity index (χ1n) is 5.77. The smallest absolute Gasteiger partial charge is 0.138 e. The van der Waals surface area contributed by atoms with E-state index in [9.17, 15) is 4.79 Å². The van der Waals surface area contributed by atoms with Gasteiger partial charge in [0.05, 0.1) is 18.9 Å². The number of carbonyl (C=O) groups is 1. The minimum absolute atomic E-state index is 0.117. The predicted octanol–water partition coefficient (Wildman–Crippen LogP) is 1.35. The van der Waals surface area contributed by atoms with Gasteiger partial charge in [0.1, 0.15) is 5.78 Å². The van der Waals surface area contributed by atoms with Crippen molar-refractivity contribution in [3.63, 3.8) is 0 Å². The summed E-state index contributed by atoms with van der Waals surface area (Å²) in [7, 11) is 1.89. The summed E-state index contributed by atoms with van der Waals surface area (Å²) in [5, 5.41) is 4.08. The number of ether oxygens (including phenoxy) is 1. The molecule has 88 valence electrons. The molecule has 1 fully saturated rings. The lowest BCUT2D eigenvalue weighted by atomic mass is 9.97. The molecule has 0 saturated carbocycles. The number of Topliss-reactive ketones (excluding diaryl/α,β-unsaturated/α-hetero) is 1. The van der Waals surface area contributed by atoms with Crippen LogP contribution in [0.25, 0.3) is 0 Å². The van der Waals surface area contributed by atoms with Gasteiger partial charge >= 0.3 is 0 Å². The fourth-order valence-corrected chi connectivity index (χ4v) is 2.11. The topological polar surface area (TPSA) is 44.1 Å². The van der Waals surface area contributed by atoms with Crippen molar-refractivity contribution in [1.82, 2.24) is 9.78 Å². The maximum atomic E-state index is 11.9. The molecule has 1 saturated heterocycles. The highest BCUT2D eigenvalue weighted by atomic mass is 16.5. The van der Waals surface area contributed by atoms with Crippen molar-refractivity contribution in [3.05, 3.63) is 18.0 Å². The van der Waals surface area contributed by atoms with Crippen LogP contribution in [0, 0.1) is 5.92 Å². The molecule has 0 spiro atoms. The van der Waals surface area contributed by atoms with Gasteiger partial charge in [0.2, 0.25) is 0 Å². The van der Waals surface area contributed by atoms with Crippen LogP contribution in [-0.2, 0) is 23.0 Å². The third kappa shape index (κ3) is 2.70. The summed E-state index contributed by atoms with van der Waals surface area (Å²) in [5.74, 6) is 0.444. The van der Waals surface area contributed by atoms with E-state index in [1.807, 2.05) is 26.4 Å². The summed E-state index contributed by atoms with van der Waals surface area (Å²) in [6.45, 7) is 2.63. The van der Waals surface area contributed by atoms with E-state index >= 15 is 0 Å². The van der Waals surface area contributed by atoms with Crippen LogP contribution in [0.2, 0.25) is 0 Å². The van der Waals surface area contributed by atoms with E-state index in [-0.39, 0.29) is 12.0 Å². The number of nitrogens with zero attached hydrogens (tertiary/aromatic N) is 2. The highest BCUT2D eigenvalue weighted by Gasteiger charge is 2.27. The van der Waals surface area contributed by atoms with Crippen molar-refractivity contribution >= 4 is 5.78 Å². The van der Waals surface area contributed by atoms with Gasteiger partial charge in [-0.2, -0.15) is 5.10 Å². The minimum Gasteiger partial charge on any atom is -0.378 e. The Kier molecular flexibility index (Phi) is 3.39. The van der Waals surface area contributed by atoms with Crippen LogP contribution in [-0.4, -0.2) is 28.3 Å². The van der Waals surface area contributed by atoms with Gasteiger partial charge in [-0.1, -0.05) is 0 Å². The van der Waals surface area contributed by atoms with Crippen LogP contribution < -0.4 is 0 Å². The lowest BCUT2D eigenvalue weighted by Crippen LogP contribution is -2.15. The molecule has 4 nitrogen and oxygen atoms in total. The van der Waals surface area contributed by atoms with Crippen molar-refractivity contribution in [1.29, 1.82) is 0 Å². The maximum Gasteiger partial charge on any atom is 0.138 e. The first-order valence-corrected chi connectivity index (χ1v) is 5.77. The normalized spacial score (nSPS) is 24.9. The Morgan fingerprint density at radius 1 is 1.69 bits per heavy atom. The van der Waals surface area contributed by atoms with Crippen LogP contribution in [0.4, 0.5) is 0 Å². The average molecular weight is 222 g/mol. The van der Waals surface area contributed by atoms with Crippen LogP contribution in [0.5, 0.6) is 0 Å². The molecule has 1 aliphatic heterocycles.